The van der Waals surface area contributed by atoms with Gasteiger partial charge in [0, 0.05) is 26.7 Å². The Kier molecular flexibility index (Phi) is 4.36. The summed E-state index contributed by atoms with van der Waals surface area (Å²) in [4.78, 5) is 16.3. The molecular formula is C12H22N6O. The standard InChI is InChI=1S/C12H22N6O/c1-10(11-15-13-9-17(11)3)14-12(19)18-6-4-5-16(2)7-8-18/h9-10H,4-8H2,1-3H3,(H,14,19)/t10-/m1/s1. The maximum atomic E-state index is 12.2. The number of hydrogen-bond acceptors (Lipinski definition) is 4. The second kappa shape index (κ2) is 6.01. The van der Waals surface area contributed by atoms with Crippen LogP contribution < -0.4 is 5.32 Å². The zero-order chi connectivity index (χ0) is 13.8. The van der Waals surface area contributed by atoms with Crippen molar-refractivity contribution in [3.63, 3.8) is 0 Å². The fourth-order valence-corrected chi connectivity index (χ4v) is 2.27. The number of amides is 2. The van der Waals surface area contributed by atoms with E-state index in [0.717, 1.165) is 38.4 Å². The number of nitrogens with one attached hydrogen (secondary N) is 1. The van der Waals surface area contributed by atoms with Crippen molar-refractivity contribution in [3.05, 3.63) is 12.2 Å². The summed E-state index contributed by atoms with van der Waals surface area (Å²) in [7, 11) is 3.96. The number of carbonyl (C=O) groups is 1. The molecule has 1 saturated heterocycles. The summed E-state index contributed by atoms with van der Waals surface area (Å²) < 4.78 is 1.82. The van der Waals surface area contributed by atoms with E-state index >= 15 is 0 Å². The van der Waals surface area contributed by atoms with Crippen LogP contribution in [0.2, 0.25) is 0 Å². The van der Waals surface area contributed by atoms with Gasteiger partial charge in [-0.15, -0.1) is 10.2 Å². The summed E-state index contributed by atoms with van der Waals surface area (Å²) in [6.45, 7) is 5.47. The molecule has 1 aromatic rings. The molecule has 1 fully saturated rings. The van der Waals surface area contributed by atoms with Crippen molar-refractivity contribution in [1.29, 1.82) is 0 Å². The zero-order valence-corrected chi connectivity index (χ0v) is 11.8. The highest BCUT2D eigenvalue weighted by molar-refractivity contribution is 5.74. The van der Waals surface area contributed by atoms with Crippen LogP contribution in [0.1, 0.15) is 25.2 Å². The molecule has 0 saturated carbocycles. The Bertz CT molecular complexity index is 432. The molecule has 0 bridgehead atoms. The van der Waals surface area contributed by atoms with E-state index in [2.05, 4.69) is 27.5 Å². The normalized spacial score (nSPS) is 19.0. The van der Waals surface area contributed by atoms with Crippen LogP contribution in [0.4, 0.5) is 4.79 Å². The lowest BCUT2D eigenvalue weighted by Crippen LogP contribution is -2.43. The Morgan fingerprint density at radius 1 is 1.32 bits per heavy atom. The molecule has 7 heteroatoms. The van der Waals surface area contributed by atoms with E-state index < -0.39 is 0 Å². The topological polar surface area (TPSA) is 66.3 Å². The van der Waals surface area contributed by atoms with E-state index in [4.69, 9.17) is 0 Å². The van der Waals surface area contributed by atoms with Crippen LogP contribution in [0.25, 0.3) is 0 Å². The van der Waals surface area contributed by atoms with Crippen molar-refractivity contribution in [1.82, 2.24) is 29.9 Å². The molecule has 106 valence electrons. The SMILES string of the molecule is C[C@@H](NC(=O)N1CCCN(C)CC1)c1nncn1C. The molecule has 2 rings (SSSR count). The zero-order valence-electron chi connectivity index (χ0n) is 11.8. The molecule has 7 nitrogen and oxygen atoms in total. The number of likely N-dealkylation sites (N-methyl/N-ethyl adjacent to an activating group) is 1. The predicted octanol–water partition coefficient (Wildman–Crippen LogP) is 0.223. The van der Waals surface area contributed by atoms with Gasteiger partial charge in [-0.3, -0.25) is 0 Å². The van der Waals surface area contributed by atoms with E-state index in [-0.39, 0.29) is 12.1 Å². The summed E-state index contributed by atoms with van der Waals surface area (Å²) >= 11 is 0. The molecule has 1 N–H and O–H groups in total. The third-order valence-corrected chi connectivity index (χ3v) is 3.48. The highest BCUT2D eigenvalue weighted by atomic mass is 16.2. The van der Waals surface area contributed by atoms with Gasteiger partial charge in [-0.1, -0.05) is 0 Å². The summed E-state index contributed by atoms with van der Waals surface area (Å²) in [5.74, 6) is 0.764. The second-order valence-electron chi connectivity index (χ2n) is 5.12. The van der Waals surface area contributed by atoms with Gasteiger partial charge in [-0.05, 0) is 26.9 Å². The minimum Gasteiger partial charge on any atom is -0.328 e. The summed E-state index contributed by atoms with van der Waals surface area (Å²) in [5, 5.41) is 10.8. The molecule has 1 aliphatic heterocycles. The first-order chi connectivity index (χ1) is 9.08. The van der Waals surface area contributed by atoms with Gasteiger partial charge in [0.05, 0.1) is 6.04 Å². The minimum absolute atomic E-state index is 0.0224. The van der Waals surface area contributed by atoms with Gasteiger partial charge in [0.25, 0.3) is 0 Å². The van der Waals surface area contributed by atoms with Crippen molar-refractivity contribution in [2.75, 3.05) is 33.2 Å². The molecule has 1 aliphatic rings. The third kappa shape index (κ3) is 3.44. The van der Waals surface area contributed by atoms with Crippen LogP contribution in [0.15, 0.2) is 6.33 Å². The monoisotopic (exact) mass is 266 g/mol. The fraction of sp³-hybridized carbons (Fsp3) is 0.750. The van der Waals surface area contributed by atoms with Crippen molar-refractivity contribution in [3.8, 4) is 0 Å². The Labute approximate surface area is 113 Å². The van der Waals surface area contributed by atoms with E-state index in [0.29, 0.717) is 0 Å². The van der Waals surface area contributed by atoms with Gasteiger partial charge in [0.2, 0.25) is 0 Å². The van der Waals surface area contributed by atoms with Crippen molar-refractivity contribution >= 4 is 6.03 Å². The lowest BCUT2D eigenvalue weighted by molar-refractivity contribution is 0.195. The fourth-order valence-electron chi connectivity index (χ4n) is 2.27. The van der Waals surface area contributed by atoms with E-state index in [1.54, 1.807) is 6.33 Å². The van der Waals surface area contributed by atoms with Crippen LogP contribution >= 0.6 is 0 Å². The molecule has 2 heterocycles. The lowest BCUT2D eigenvalue weighted by atomic mass is 10.3. The van der Waals surface area contributed by atoms with Crippen LogP contribution in [-0.4, -0.2) is 63.8 Å². The van der Waals surface area contributed by atoms with Crippen LogP contribution in [0.3, 0.4) is 0 Å². The number of aromatic nitrogens is 3. The highest BCUT2D eigenvalue weighted by Gasteiger charge is 2.20. The average Bonchev–Trinajstić information content (AvgIpc) is 2.67. The Morgan fingerprint density at radius 3 is 2.79 bits per heavy atom. The molecule has 0 spiro atoms. The van der Waals surface area contributed by atoms with Crippen LogP contribution in [0.5, 0.6) is 0 Å². The van der Waals surface area contributed by atoms with Gasteiger partial charge in [0.1, 0.15) is 6.33 Å². The molecule has 0 radical (unpaired) electrons. The molecule has 1 atom stereocenters. The minimum atomic E-state index is -0.138. The van der Waals surface area contributed by atoms with Gasteiger partial charge in [0.15, 0.2) is 5.82 Å². The molecule has 1 aromatic heterocycles. The van der Waals surface area contributed by atoms with E-state index in [1.807, 2.05) is 23.4 Å². The van der Waals surface area contributed by atoms with Gasteiger partial charge in [-0.25, -0.2) is 4.79 Å². The summed E-state index contributed by atoms with van der Waals surface area (Å²) in [5.41, 5.74) is 0. The molecule has 0 unspecified atom stereocenters. The molecule has 2 amide bonds. The van der Waals surface area contributed by atoms with Crippen LogP contribution in [-0.2, 0) is 7.05 Å². The first-order valence-electron chi connectivity index (χ1n) is 6.66. The summed E-state index contributed by atoms with van der Waals surface area (Å²) in [6.07, 6.45) is 2.65. The molecule has 19 heavy (non-hydrogen) atoms. The van der Waals surface area contributed by atoms with Crippen molar-refractivity contribution in [2.24, 2.45) is 7.05 Å². The van der Waals surface area contributed by atoms with Crippen molar-refractivity contribution in [2.45, 2.75) is 19.4 Å². The van der Waals surface area contributed by atoms with Gasteiger partial charge < -0.3 is 19.7 Å². The lowest BCUT2D eigenvalue weighted by Gasteiger charge is -2.23. The second-order valence-corrected chi connectivity index (χ2v) is 5.12. The number of nitrogens with zero attached hydrogens (tertiary/aromatic N) is 5. The van der Waals surface area contributed by atoms with Crippen LogP contribution in [0, 0.1) is 0 Å². The molecule has 0 aromatic carbocycles. The highest BCUT2D eigenvalue weighted by Crippen LogP contribution is 2.09. The maximum Gasteiger partial charge on any atom is 0.318 e. The van der Waals surface area contributed by atoms with E-state index in [9.17, 15) is 4.79 Å². The quantitative estimate of drug-likeness (QED) is 0.832. The molecular weight excluding hydrogens is 244 g/mol. The number of carbonyl (C=O) groups excluding carboxylic acids is 1. The largest absolute Gasteiger partial charge is 0.328 e. The number of rotatable bonds is 2. The Morgan fingerprint density at radius 2 is 2.11 bits per heavy atom. The number of hydrogen-bond donors (Lipinski definition) is 1. The summed E-state index contributed by atoms with van der Waals surface area (Å²) in [6, 6.07) is -0.160. The molecule has 0 aliphatic carbocycles. The number of aryl methyl sites for hydroxylation is 1. The van der Waals surface area contributed by atoms with Crippen molar-refractivity contribution < 1.29 is 4.79 Å². The first kappa shape index (κ1) is 13.8. The smallest absolute Gasteiger partial charge is 0.318 e. The Hall–Kier alpha value is -1.63. The average molecular weight is 266 g/mol. The first-order valence-corrected chi connectivity index (χ1v) is 6.66. The van der Waals surface area contributed by atoms with Gasteiger partial charge in [-0.2, -0.15) is 0 Å². The Balaban J connectivity index is 1.91. The third-order valence-electron chi connectivity index (χ3n) is 3.48. The maximum absolute atomic E-state index is 12.2. The number of urea groups is 1. The van der Waals surface area contributed by atoms with E-state index in [1.165, 1.54) is 0 Å². The predicted molar refractivity (Wildman–Crippen MR) is 71.6 cm³/mol. The van der Waals surface area contributed by atoms with Gasteiger partial charge >= 0.3 is 6.03 Å².